The first-order valence-electron chi connectivity index (χ1n) is 4.01. The van der Waals surface area contributed by atoms with Gasteiger partial charge in [-0.2, -0.15) is 4.39 Å². The van der Waals surface area contributed by atoms with E-state index in [1.165, 1.54) is 6.07 Å². The van der Waals surface area contributed by atoms with Gasteiger partial charge in [-0.3, -0.25) is 4.79 Å². The maximum Gasteiger partial charge on any atom is 0.341 e. The number of H-pyrrole nitrogens is 1. The van der Waals surface area contributed by atoms with Crippen molar-refractivity contribution in [2.45, 2.75) is 0 Å². The average molecular weight is 208 g/mol. The van der Waals surface area contributed by atoms with E-state index in [0.717, 1.165) is 12.3 Å². The van der Waals surface area contributed by atoms with Gasteiger partial charge >= 0.3 is 5.97 Å². The fourth-order valence-corrected chi connectivity index (χ4v) is 1.24. The van der Waals surface area contributed by atoms with Crippen molar-refractivity contribution in [2.75, 3.05) is 0 Å². The normalized spacial score (nSPS) is 10.5. The van der Waals surface area contributed by atoms with E-state index in [9.17, 15) is 14.0 Å². The molecule has 0 unspecified atom stereocenters. The van der Waals surface area contributed by atoms with Crippen molar-refractivity contribution in [2.24, 2.45) is 0 Å². The Morgan fingerprint density at radius 2 is 2.20 bits per heavy atom. The van der Waals surface area contributed by atoms with Crippen LogP contribution in [0.2, 0.25) is 0 Å². The number of carboxylic acid groups (broad SMARTS) is 1. The average Bonchev–Trinajstić information content (AvgIpc) is 2.17. The van der Waals surface area contributed by atoms with E-state index >= 15 is 0 Å². The molecule has 15 heavy (non-hydrogen) atoms. The van der Waals surface area contributed by atoms with Gasteiger partial charge in [-0.25, -0.2) is 9.78 Å². The van der Waals surface area contributed by atoms with Crippen LogP contribution in [0.4, 0.5) is 4.39 Å². The second-order valence-corrected chi connectivity index (χ2v) is 2.87. The van der Waals surface area contributed by atoms with E-state index in [4.69, 9.17) is 5.11 Å². The Morgan fingerprint density at radius 3 is 2.87 bits per heavy atom. The number of halogens is 1. The van der Waals surface area contributed by atoms with Gasteiger partial charge in [0.1, 0.15) is 11.2 Å². The molecule has 0 radical (unpaired) electrons. The second kappa shape index (κ2) is 3.16. The summed E-state index contributed by atoms with van der Waals surface area (Å²) in [5.41, 5.74) is -1.04. The van der Waals surface area contributed by atoms with Crippen LogP contribution in [0.1, 0.15) is 10.4 Å². The summed E-state index contributed by atoms with van der Waals surface area (Å²) in [5.74, 6) is -2.07. The maximum atomic E-state index is 12.7. The second-order valence-electron chi connectivity index (χ2n) is 2.87. The van der Waals surface area contributed by atoms with E-state index in [1.54, 1.807) is 0 Å². The lowest BCUT2D eigenvalue weighted by molar-refractivity contribution is 0.0695. The standard InChI is InChI=1S/C9H5FN2O3/c10-6-2-1-4-7(13)5(9(14)15)3-11-8(4)12-6/h1-3H,(H,14,15)(H,11,12,13). The molecule has 0 saturated carbocycles. The topological polar surface area (TPSA) is 83.0 Å². The summed E-state index contributed by atoms with van der Waals surface area (Å²) in [7, 11) is 0. The minimum absolute atomic E-state index is 0.0324. The van der Waals surface area contributed by atoms with Crippen molar-refractivity contribution in [3.63, 3.8) is 0 Å². The molecule has 0 fully saturated rings. The SMILES string of the molecule is O=C(O)c1c[nH]c2nc(F)ccc2c1=O. The molecule has 2 aromatic heterocycles. The van der Waals surface area contributed by atoms with Gasteiger partial charge in [-0.15, -0.1) is 0 Å². The van der Waals surface area contributed by atoms with Crippen LogP contribution in [0, 0.1) is 5.95 Å². The van der Waals surface area contributed by atoms with Gasteiger partial charge in [0, 0.05) is 6.20 Å². The minimum Gasteiger partial charge on any atom is -0.477 e. The van der Waals surface area contributed by atoms with E-state index < -0.39 is 22.9 Å². The lowest BCUT2D eigenvalue weighted by atomic mass is 10.2. The van der Waals surface area contributed by atoms with Crippen LogP contribution < -0.4 is 5.43 Å². The van der Waals surface area contributed by atoms with Gasteiger partial charge in [0.15, 0.2) is 0 Å². The summed E-state index contributed by atoms with van der Waals surface area (Å²) in [6, 6.07) is 2.20. The molecular formula is C9H5FN2O3. The van der Waals surface area contributed by atoms with Gasteiger partial charge < -0.3 is 10.1 Å². The first-order valence-corrected chi connectivity index (χ1v) is 4.01. The number of hydrogen-bond donors (Lipinski definition) is 2. The molecule has 2 aromatic rings. The smallest absolute Gasteiger partial charge is 0.341 e. The minimum atomic E-state index is -1.33. The number of nitrogens with one attached hydrogen (secondary N) is 1. The third kappa shape index (κ3) is 1.45. The summed E-state index contributed by atoms with van der Waals surface area (Å²) in [4.78, 5) is 28.0. The zero-order valence-corrected chi connectivity index (χ0v) is 7.32. The number of pyridine rings is 2. The fraction of sp³-hybridized carbons (Fsp3) is 0. The molecule has 0 atom stereocenters. The molecule has 0 amide bonds. The van der Waals surface area contributed by atoms with E-state index in [-0.39, 0.29) is 11.0 Å². The zero-order chi connectivity index (χ0) is 11.0. The van der Waals surface area contributed by atoms with Crippen LogP contribution in [0.3, 0.4) is 0 Å². The molecule has 76 valence electrons. The largest absolute Gasteiger partial charge is 0.477 e. The summed E-state index contributed by atoms with van der Waals surface area (Å²) in [6.45, 7) is 0. The highest BCUT2D eigenvalue weighted by atomic mass is 19.1. The molecule has 2 heterocycles. The van der Waals surface area contributed by atoms with Crippen LogP contribution in [-0.2, 0) is 0 Å². The van der Waals surface area contributed by atoms with Crippen molar-refractivity contribution in [1.82, 2.24) is 9.97 Å². The van der Waals surface area contributed by atoms with Crippen LogP contribution in [0.15, 0.2) is 23.1 Å². The van der Waals surface area contributed by atoms with Gasteiger partial charge in [0.05, 0.1) is 5.39 Å². The maximum absolute atomic E-state index is 12.7. The Balaban J connectivity index is 2.86. The van der Waals surface area contributed by atoms with Crippen LogP contribution in [-0.4, -0.2) is 21.0 Å². The van der Waals surface area contributed by atoms with Gasteiger partial charge in [-0.05, 0) is 12.1 Å². The summed E-state index contributed by atoms with van der Waals surface area (Å²) >= 11 is 0. The molecule has 2 rings (SSSR count). The number of aromatic carboxylic acids is 1. The number of rotatable bonds is 1. The first kappa shape index (κ1) is 9.32. The number of carbonyl (C=O) groups is 1. The van der Waals surface area contributed by atoms with E-state index in [1.807, 2.05) is 0 Å². The van der Waals surface area contributed by atoms with Crippen molar-refractivity contribution >= 4 is 17.0 Å². The number of carboxylic acids is 1. The molecule has 0 saturated heterocycles. The molecule has 2 N–H and O–H groups in total. The quantitative estimate of drug-likeness (QED) is 0.677. The molecule has 0 aliphatic rings. The van der Waals surface area contributed by atoms with Crippen molar-refractivity contribution < 1.29 is 14.3 Å². The highest BCUT2D eigenvalue weighted by molar-refractivity contribution is 5.91. The molecular weight excluding hydrogens is 203 g/mol. The van der Waals surface area contributed by atoms with Crippen LogP contribution in [0.25, 0.3) is 11.0 Å². The predicted molar refractivity (Wildman–Crippen MR) is 49.3 cm³/mol. The molecule has 0 aliphatic heterocycles. The van der Waals surface area contributed by atoms with Crippen molar-refractivity contribution in [3.05, 3.63) is 40.1 Å². The molecule has 0 aliphatic carbocycles. The van der Waals surface area contributed by atoms with Gasteiger partial charge in [0.2, 0.25) is 11.4 Å². The lowest BCUT2D eigenvalue weighted by Crippen LogP contribution is -2.15. The number of nitrogens with zero attached hydrogens (tertiary/aromatic N) is 1. The number of aromatic amines is 1. The van der Waals surface area contributed by atoms with Crippen LogP contribution >= 0.6 is 0 Å². The third-order valence-electron chi connectivity index (χ3n) is 1.93. The Kier molecular flexibility index (Phi) is 1.96. The Hall–Kier alpha value is -2.24. The number of aromatic nitrogens is 2. The monoisotopic (exact) mass is 208 g/mol. The van der Waals surface area contributed by atoms with Crippen LogP contribution in [0.5, 0.6) is 0 Å². The lowest BCUT2D eigenvalue weighted by Gasteiger charge is -1.98. The number of fused-ring (bicyclic) bond motifs is 1. The first-order chi connectivity index (χ1) is 7.09. The van der Waals surface area contributed by atoms with E-state index in [0.29, 0.717) is 0 Å². The number of hydrogen-bond acceptors (Lipinski definition) is 3. The molecule has 5 nitrogen and oxygen atoms in total. The Morgan fingerprint density at radius 1 is 1.47 bits per heavy atom. The fourth-order valence-electron chi connectivity index (χ4n) is 1.24. The third-order valence-corrected chi connectivity index (χ3v) is 1.93. The molecule has 6 heteroatoms. The van der Waals surface area contributed by atoms with Gasteiger partial charge in [0.25, 0.3) is 0 Å². The molecule has 0 spiro atoms. The summed E-state index contributed by atoms with van der Waals surface area (Å²) < 4.78 is 12.7. The summed E-state index contributed by atoms with van der Waals surface area (Å²) in [5, 5.41) is 8.72. The van der Waals surface area contributed by atoms with Crippen molar-refractivity contribution in [3.8, 4) is 0 Å². The zero-order valence-electron chi connectivity index (χ0n) is 7.32. The highest BCUT2D eigenvalue weighted by Crippen LogP contribution is 2.05. The molecule has 0 bridgehead atoms. The Bertz CT molecular complexity index is 606. The predicted octanol–water partition coefficient (Wildman–Crippen LogP) is 0.760. The van der Waals surface area contributed by atoms with E-state index in [2.05, 4.69) is 9.97 Å². The summed E-state index contributed by atoms with van der Waals surface area (Å²) in [6.07, 6.45) is 0.999. The van der Waals surface area contributed by atoms with Crippen molar-refractivity contribution in [1.29, 1.82) is 0 Å². The Labute approximate surface area is 82.2 Å². The molecule has 0 aromatic carbocycles. The van der Waals surface area contributed by atoms with Gasteiger partial charge in [-0.1, -0.05) is 0 Å². The highest BCUT2D eigenvalue weighted by Gasteiger charge is 2.11.